The van der Waals surface area contributed by atoms with Crippen molar-refractivity contribution in [1.82, 2.24) is 14.5 Å². The minimum absolute atomic E-state index is 0.0121. The van der Waals surface area contributed by atoms with Gasteiger partial charge in [0.25, 0.3) is 11.7 Å². The van der Waals surface area contributed by atoms with Crippen LogP contribution in [0.2, 0.25) is 0 Å². The van der Waals surface area contributed by atoms with Gasteiger partial charge in [-0.3, -0.25) is 9.59 Å². The topological polar surface area (TPSA) is 103 Å². The highest BCUT2D eigenvalue weighted by molar-refractivity contribution is 6.46. The van der Waals surface area contributed by atoms with Crippen LogP contribution in [0.15, 0.2) is 66.8 Å². The summed E-state index contributed by atoms with van der Waals surface area (Å²) >= 11 is 0. The predicted molar refractivity (Wildman–Crippen MR) is 128 cm³/mol. The van der Waals surface area contributed by atoms with Crippen LogP contribution >= 0.6 is 0 Å². The number of aliphatic hydroxyl groups excluding tert-OH is 1. The Bertz CT molecular complexity index is 1250. The van der Waals surface area contributed by atoms with Crippen molar-refractivity contribution in [2.45, 2.75) is 19.0 Å². The second-order valence-electron chi connectivity index (χ2n) is 7.99. The number of nitrogens with zero attached hydrogens (tertiary/aromatic N) is 3. The Morgan fingerprint density at radius 1 is 1.00 bits per heavy atom. The highest BCUT2D eigenvalue weighted by Crippen LogP contribution is 2.42. The molecule has 1 fully saturated rings. The number of benzene rings is 2. The van der Waals surface area contributed by atoms with Gasteiger partial charge >= 0.3 is 0 Å². The van der Waals surface area contributed by atoms with Crippen molar-refractivity contribution in [3.05, 3.63) is 77.9 Å². The maximum atomic E-state index is 13.2. The minimum atomic E-state index is -0.802. The summed E-state index contributed by atoms with van der Waals surface area (Å²) in [6.07, 6.45) is 5.81. The van der Waals surface area contributed by atoms with Crippen LogP contribution in [0.3, 0.4) is 0 Å². The Morgan fingerprint density at radius 2 is 1.80 bits per heavy atom. The zero-order valence-electron chi connectivity index (χ0n) is 19.8. The number of aryl methyl sites for hydroxylation is 1. The van der Waals surface area contributed by atoms with Gasteiger partial charge in [-0.2, -0.15) is 0 Å². The zero-order chi connectivity index (χ0) is 24.9. The molecule has 0 radical (unpaired) electrons. The summed E-state index contributed by atoms with van der Waals surface area (Å²) in [6.45, 7) is 0.925. The zero-order valence-corrected chi connectivity index (χ0v) is 19.8. The van der Waals surface area contributed by atoms with E-state index >= 15 is 0 Å². The second kappa shape index (κ2) is 10.3. The van der Waals surface area contributed by atoms with E-state index in [1.54, 1.807) is 55.0 Å². The first-order valence-electron chi connectivity index (χ1n) is 11.1. The molecular formula is C26H27N3O6. The monoisotopic (exact) mass is 477 g/mol. The Labute approximate surface area is 203 Å². The number of hydrogen-bond acceptors (Lipinski definition) is 7. The fourth-order valence-corrected chi connectivity index (χ4v) is 4.25. The highest BCUT2D eigenvalue weighted by Gasteiger charge is 2.46. The summed E-state index contributed by atoms with van der Waals surface area (Å²) in [5.41, 5.74) is 1.01. The van der Waals surface area contributed by atoms with E-state index in [-0.39, 0.29) is 11.3 Å². The molecule has 1 atom stereocenters. The lowest BCUT2D eigenvalue weighted by atomic mass is 9.95. The van der Waals surface area contributed by atoms with E-state index in [2.05, 4.69) is 4.98 Å². The van der Waals surface area contributed by atoms with Gasteiger partial charge in [-0.15, -0.1) is 0 Å². The number of aromatic nitrogens is 2. The highest BCUT2D eigenvalue weighted by atomic mass is 16.5. The third-order valence-corrected chi connectivity index (χ3v) is 5.98. The molecule has 1 N–H and O–H groups in total. The second-order valence-corrected chi connectivity index (χ2v) is 7.99. The summed E-state index contributed by atoms with van der Waals surface area (Å²) in [6, 6.07) is 11.1. The minimum Gasteiger partial charge on any atom is -0.507 e. The van der Waals surface area contributed by atoms with Crippen molar-refractivity contribution in [2.24, 2.45) is 0 Å². The molecule has 9 heteroatoms. The molecule has 1 unspecified atom stereocenters. The number of carbonyl (C=O) groups is 2. The van der Waals surface area contributed by atoms with Crippen LogP contribution in [0.25, 0.3) is 5.76 Å². The smallest absolute Gasteiger partial charge is 0.295 e. The number of Topliss-reactive ketones (excluding diaryl/α,β-unsaturated/α-hetero) is 1. The number of amides is 1. The number of methoxy groups -OCH3 is 3. The number of hydrogen-bond donors (Lipinski definition) is 1. The van der Waals surface area contributed by atoms with E-state index in [0.717, 1.165) is 0 Å². The largest absolute Gasteiger partial charge is 0.507 e. The van der Waals surface area contributed by atoms with Gasteiger partial charge in [0.05, 0.1) is 39.3 Å². The average molecular weight is 478 g/mol. The molecule has 9 nitrogen and oxygen atoms in total. The van der Waals surface area contributed by atoms with E-state index in [0.29, 0.717) is 47.9 Å². The fourth-order valence-electron chi connectivity index (χ4n) is 4.25. The number of ether oxygens (including phenoxy) is 3. The van der Waals surface area contributed by atoms with Gasteiger partial charge in [0.2, 0.25) is 0 Å². The average Bonchev–Trinajstić information content (AvgIpc) is 3.50. The Kier molecular flexibility index (Phi) is 7.05. The Balaban J connectivity index is 1.78. The molecule has 4 rings (SSSR count). The molecule has 3 aromatic rings. The van der Waals surface area contributed by atoms with E-state index < -0.39 is 17.7 Å². The van der Waals surface area contributed by atoms with Crippen LogP contribution in [0.1, 0.15) is 23.6 Å². The summed E-state index contributed by atoms with van der Waals surface area (Å²) < 4.78 is 17.9. The van der Waals surface area contributed by atoms with E-state index in [4.69, 9.17) is 14.2 Å². The van der Waals surface area contributed by atoms with Gasteiger partial charge in [0.15, 0.2) is 11.5 Å². The molecular weight excluding hydrogens is 450 g/mol. The van der Waals surface area contributed by atoms with Gasteiger partial charge in [0, 0.05) is 31.0 Å². The van der Waals surface area contributed by atoms with Crippen LogP contribution in [0.5, 0.6) is 17.2 Å². The maximum Gasteiger partial charge on any atom is 0.295 e. The molecule has 182 valence electrons. The van der Waals surface area contributed by atoms with Crippen LogP contribution in [0, 0.1) is 0 Å². The molecule has 0 aliphatic carbocycles. The van der Waals surface area contributed by atoms with Gasteiger partial charge in [-0.1, -0.05) is 18.2 Å². The number of carbonyl (C=O) groups excluding carboxylic acids is 2. The molecule has 1 amide bonds. The van der Waals surface area contributed by atoms with Crippen molar-refractivity contribution in [3.8, 4) is 17.2 Å². The van der Waals surface area contributed by atoms with Crippen molar-refractivity contribution >= 4 is 17.4 Å². The molecule has 2 heterocycles. The van der Waals surface area contributed by atoms with Crippen molar-refractivity contribution in [2.75, 3.05) is 27.9 Å². The van der Waals surface area contributed by atoms with Gasteiger partial charge < -0.3 is 28.8 Å². The normalized spacial score (nSPS) is 17.0. The molecule has 0 spiro atoms. The lowest BCUT2D eigenvalue weighted by Gasteiger charge is -2.26. The summed E-state index contributed by atoms with van der Waals surface area (Å²) in [5, 5.41) is 11.2. The van der Waals surface area contributed by atoms with E-state index in [1.807, 2.05) is 10.8 Å². The quantitative estimate of drug-likeness (QED) is 0.286. The van der Waals surface area contributed by atoms with Crippen molar-refractivity contribution < 1.29 is 28.9 Å². The van der Waals surface area contributed by atoms with Gasteiger partial charge in [-0.05, 0) is 36.2 Å². The third kappa shape index (κ3) is 4.70. The molecule has 1 aliphatic heterocycles. The lowest BCUT2D eigenvalue weighted by Crippen LogP contribution is -2.31. The first kappa shape index (κ1) is 23.9. The molecule has 0 bridgehead atoms. The van der Waals surface area contributed by atoms with Crippen LogP contribution < -0.4 is 14.2 Å². The third-order valence-electron chi connectivity index (χ3n) is 5.98. The Hall–Kier alpha value is -4.27. The first-order chi connectivity index (χ1) is 17.0. The first-order valence-corrected chi connectivity index (χ1v) is 11.1. The van der Waals surface area contributed by atoms with E-state index in [9.17, 15) is 14.7 Å². The van der Waals surface area contributed by atoms with Crippen LogP contribution in [-0.4, -0.2) is 59.1 Å². The number of ketones is 1. The molecule has 1 aromatic heterocycles. The summed E-state index contributed by atoms with van der Waals surface area (Å²) in [5.74, 6) is -0.186. The van der Waals surface area contributed by atoms with Gasteiger partial charge in [0.1, 0.15) is 11.5 Å². The number of likely N-dealkylation sites (tertiary alicyclic amines) is 1. The molecule has 1 saturated heterocycles. The predicted octanol–water partition coefficient (Wildman–Crippen LogP) is 3.42. The summed E-state index contributed by atoms with van der Waals surface area (Å²) in [4.78, 5) is 31.9. The number of aliphatic hydroxyl groups is 1. The molecule has 1 aliphatic rings. The summed E-state index contributed by atoms with van der Waals surface area (Å²) in [7, 11) is 4.56. The van der Waals surface area contributed by atoms with Crippen LogP contribution in [0.4, 0.5) is 0 Å². The van der Waals surface area contributed by atoms with Crippen molar-refractivity contribution in [3.63, 3.8) is 0 Å². The lowest BCUT2D eigenvalue weighted by molar-refractivity contribution is -0.139. The molecule has 35 heavy (non-hydrogen) atoms. The maximum absolute atomic E-state index is 13.2. The van der Waals surface area contributed by atoms with E-state index in [1.165, 1.54) is 26.2 Å². The SMILES string of the molecule is COc1cccc(/C(O)=C2/C(=O)C(=O)N(CCCn3ccnc3)C2c2ccc(OC)c(OC)c2)c1. The standard InChI is InChI=1S/C26H27N3O6/c1-33-19-7-4-6-18(14-19)24(30)22-23(17-8-9-20(34-2)21(15-17)35-3)29(26(32)25(22)31)12-5-11-28-13-10-27-16-28/h4,6-10,13-16,23,30H,5,11-12H2,1-3H3/b24-22-. The fraction of sp³-hybridized carbons (Fsp3) is 0.269. The molecule has 2 aromatic carbocycles. The number of rotatable bonds is 9. The number of imidazole rings is 1. The van der Waals surface area contributed by atoms with Gasteiger partial charge in [-0.25, -0.2) is 4.98 Å². The molecule has 0 saturated carbocycles. The Morgan fingerprint density at radius 3 is 2.49 bits per heavy atom. The van der Waals surface area contributed by atoms with Crippen molar-refractivity contribution in [1.29, 1.82) is 0 Å². The van der Waals surface area contributed by atoms with Crippen LogP contribution in [-0.2, 0) is 16.1 Å².